The Labute approximate surface area is 87.5 Å². The predicted molar refractivity (Wildman–Crippen MR) is 36.6 cm³/mol. The van der Waals surface area contributed by atoms with Gasteiger partial charge < -0.3 is 30.3 Å². The third-order valence-corrected chi connectivity index (χ3v) is 1.76. The second-order valence-electron chi connectivity index (χ2n) is 2.60. The molecule has 1 saturated heterocycles. The third kappa shape index (κ3) is 2.66. The van der Waals surface area contributed by atoms with E-state index in [9.17, 15) is 0 Å². The van der Waals surface area contributed by atoms with Gasteiger partial charge in [-0.1, -0.05) is 6.29 Å². The zero-order valence-corrected chi connectivity index (χ0v) is 11.4. The molecule has 13 heavy (non-hydrogen) atoms. The molecule has 0 unspecified atom stereocenters. The van der Waals surface area contributed by atoms with Crippen LogP contribution < -0.4 is 0 Å². The molecule has 0 aromatic rings. The van der Waals surface area contributed by atoms with Gasteiger partial charge in [0.2, 0.25) is 0 Å². The first-order valence-corrected chi connectivity index (χ1v) is 3.45. The molecule has 0 spiro atoms. The Kier molecular flexibility index (Phi) is 5.47. The summed E-state index contributed by atoms with van der Waals surface area (Å²) >= 11 is 0. The van der Waals surface area contributed by atoms with Crippen LogP contribution in [0.3, 0.4) is 0 Å². The minimum atomic E-state index is -1.62. The molecule has 0 amide bonds. The Balaban J connectivity index is 0.00000144. The molecule has 1 heterocycles. The summed E-state index contributed by atoms with van der Waals surface area (Å²) in [6.45, 7) is -0.547. The van der Waals surface area contributed by atoms with Gasteiger partial charge in [-0.05, 0) is 0 Å². The fourth-order valence-corrected chi connectivity index (χ4v) is 0.993. The van der Waals surface area contributed by atoms with Crippen LogP contribution in [0.25, 0.3) is 0 Å². The fraction of sp³-hybridized carbons (Fsp3) is 0.833. The van der Waals surface area contributed by atoms with Gasteiger partial charge in [-0.3, -0.25) is 0 Å². The van der Waals surface area contributed by atoms with Crippen LogP contribution in [0.4, 0.5) is 0 Å². The molecule has 1 radical (unpaired) electrons. The van der Waals surface area contributed by atoms with E-state index in [0.717, 1.165) is 0 Å². The van der Waals surface area contributed by atoms with Crippen LogP contribution in [-0.2, 0) is 24.2 Å². The minimum absolute atomic E-state index is 0. The van der Waals surface area contributed by atoms with E-state index in [1.54, 1.807) is 0 Å². The van der Waals surface area contributed by atoms with Crippen molar-refractivity contribution in [2.75, 3.05) is 6.61 Å². The van der Waals surface area contributed by atoms with Crippen LogP contribution in [0.15, 0.2) is 0 Å². The van der Waals surface area contributed by atoms with Gasteiger partial charge in [0.15, 0.2) is 0 Å². The van der Waals surface area contributed by atoms with E-state index in [0.29, 0.717) is 0 Å². The van der Waals surface area contributed by atoms with E-state index in [-0.39, 0.29) is 19.5 Å². The molecular weight excluding hydrogens is 233 g/mol. The van der Waals surface area contributed by atoms with Crippen molar-refractivity contribution in [1.29, 1.82) is 0 Å². The van der Waals surface area contributed by atoms with Crippen molar-refractivity contribution in [2.24, 2.45) is 0 Å². The molecule has 5 N–H and O–H groups in total. The molecule has 1 aliphatic heterocycles. The number of rotatable bonds is 1. The molecule has 0 aromatic carbocycles. The first kappa shape index (κ1) is 13.4. The van der Waals surface area contributed by atoms with Crippen molar-refractivity contribution in [3.63, 3.8) is 0 Å². The summed E-state index contributed by atoms with van der Waals surface area (Å²) in [5.74, 6) is 0. The molecule has 0 aliphatic carbocycles. The first-order chi connectivity index (χ1) is 5.57. The van der Waals surface area contributed by atoms with Crippen LogP contribution >= 0.6 is 0 Å². The Bertz CT molecular complexity index is 151. The van der Waals surface area contributed by atoms with Crippen LogP contribution in [0.5, 0.6) is 0 Å². The van der Waals surface area contributed by atoms with Crippen molar-refractivity contribution in [2.45, 2.75) is 24.4 Å². The van der Waals surface area contributed by atoms with Gasteiger partial charge in [0.1, 0.15) is 6.10 Å². The molecule has 6 nitrogen and oxygen atoms in total. The summed E-state index contributed by atoms with van der Waals surface area (Å²) in [5, 5.41) is 44.5. The Hall–Kier alpha value is 0.383. The topological polar surface area (TPSA) is 110 Å². The molecule has 0 aromatic heterocycles. The number of aliphatic hydroxyl groups excluding tert-OH is 5. The van der Waals surface area contributed by atoms with E-state index < -0.39 is 37.3 Å². The van der Waals surface area contributed by atoms with E-state index in [4.69, 9.17) is 25.5 Å². The van der Waals surface area contributed by atoms with Gasteiger partial charge in [0.25, 0.3) is 0 Å². The normalized spacial score (nSPS) is 41.3. The first-order valence-electron chi connectivity index (χ1n) is 3.45. The van der Waals surface area contributed by atoms with Crippen molar-refractivity contribution < 1.29 is 49.7 Å². The second kappa shape index (κ2) is 5.31. The molecule has 1 rings (SSSR count). The summed E-state index contributed by atoms with van der Waals surface area (Å²) in [4.78, 5) is 0. The summed E-state index contributed by atoms with van der Waals surface area (Å²) < 4.78 is 4.49. The maximum absolute atomic E-state index is 9.11. The predicted octanol–water partition coefficient (Wildman–Crippen LogP) is -2.95. The van der Waals surface area contributed by atoms with Crippen molar-refractivity contribution in [1.82, 2.24) is 0 Å². The Morgan fingerprint density at radius 3 is 2.15 bits per heavy atom. The average Bonchev–Trinajstić information content (AvgIpc) is 2.08. The van der Waals surface area contributed by atoms with E-state index >= 15 is 0 Å². The van der Waals surface area contributed by atoms with Gasteiger partial charge in [0, 0.05) is 6.10 Å². The van der Waals surface area contributed by atoms with Crippen LogP contribution in [0.2, 0.25) is 0 Å². The number of aliphatic hydroxyl groups is 5. The maximum atomic E-state index is 9.11. The Morgan fingerprint density at radius 2 is 1.69 bits per heavy atom. The number of hydrogen-bond donors (Lipinski definition) is 5. The second-order valence-corrected chi connectivity index (χ2v) is 2.60. The SMILES string of the molecule is OC[C@H]1O[C-](O)[C@H](O)[C@@H](O)[C@@H]1O.[ZnH+]. The van der Waals surface area contributed by atoms with Gasteiger partial charge in [0.05, 0.1) is 18.8 Å². The number of ether oxygens (including phenoxy) is 1. The molecule has 0 bridgehead atoms. The van der Waals surface area contributed by atoms with E-state index in [1.165, 1.54) is 0 Å². The molecule has 4 atom stereocenters. The third-order valence-electron chi connectivity index (χ3n) is 1.76. The monoisotopic (exact) mass is 244 g/mol. The summed E-state index contributed by atoms with van der Waals surface area (Å²) in [6.07, 6.45) is -6.44. The molecule has 1 aliphatic rings. The van der Waals surface area contributed by atoms with Gasteiger partial charge in [-0.15, -0.1) is 0 Å². The summed E-state index contributed by atoms with van der Waals surface area (Å²) in [6, 6.07) is 0. The van der Waals surface area contributed by atoms with Crippen molar-refractivity contribution in [3.05, 3.63) is 6.29 Å². The standard InChI is InChI=1S/C6H11O6.Zn.H/c7-1-2-3(8)4(9)5(10)6(11)12-2;;/h2-5,7-11H,1H2;;/q-1;+1;/t2-,3-,4+,5-;;/m1../s1. The average molecular weight is 246 g/mol. The van der Waals surface area contributed by atoms with Gasteiger partial charge >= 0.3 is 19.5 Å². The zero-order chi connectivity index (χ0) is 9.30. The van der Waals surface area contributed by atoms with Crippen LogP contribution in [-0.4, -0.2) is 56.6 Å². The van der Waals surface area contributed by atoms with Crippen molar-refractivity contribution >= 4 is 0 Å². The zero-order valence-electron chi connectivity index (χ0n) is 7.16. The van der Waals surface area contributed by atoms with E-state index in [1.807, 2.05) is 0 Å². The molecular formula is C6H12O6Zn. The fourth-order valence-electron chi connectivity index (χ4n) is 0.993. The molecule has 7 heteroatoms. The summed E-state index contributed by atoms with van der Waals surface area (Å²) in [7, 11) is 0. The molecule has 0 saturated carbocycles. The van der Waals surface area contributed by atoms with Crippen molar-refractivity contribution in [3.8, 4) is 0 Å². The van der Waals surface area contributed by atoms with Gasteiger partial charge in [-0.2, -0.15) is 0 Å². The van der Waals surface area contributed by atoms with Gasteiger partial charge in [-0.25, -0.2) is 0 Å². The number of hydrogen-bond acceptors (Lipinski definition) is 6. The van der Waals surface area contributed by atoms with Crippen LogP contribution in [0, 0.1) is 6.29 Å². The van der Waals surface area contributed by atoms with Crippen LogP contribution in [0.1, 0.15) is 0 Å². The Morgan fingerprint density at radius 1 is 1.15 bits per heavy atom. The molecule has 74 valence electrons. The quantitative estimate of drug-likeness (QED) is 0.250. The molecule has 1 fully saturated rings. The van der Waals surface area contributed by atoms with E-state index in [2.05, 4.69) is 4.74 Å². The summed E-state index contributed by atoms with van der Waals surface area (Å²) in [5.41, 5.74) is 0.